The molecule has 0 unspecified atom stereocenters. The molecule has 0 amide bonds. The molecule has 88 valence electrons. The van der Waals surface area contributed by atoms with Crippen LogP contribution in [0.4, 0.5) is 0 Å². The first-order valence-corrected chi connectivity index (χ1v) is 6.21. The summed E-state index contributed by atoms with van der Waals surface area (Å²) in [4.78, 5) is 4.16. The van der Waals surface area contributed by atoms with Crippen LogP contribution in [-0.4, -0.2) is 30.1 Å². The summed E-state index contributed by atoms with van der Waals surface area (Å²) in [6, 6.07) is 3.98. The van der Waals surface area contributed by atoms with Gasteiger partial charge >= 0.3 is 0 Å². The highest BCUT2D eigenvalue weighted by atomic mass is 35.5. The Balaban J connectivity index is 2.09. The largest absolute Gasteiger partial charge is 0.258 e. The Morgan fingerprint density at radius 2 is 2.31 bits per heavy atom. The van der Waals surface area contributed by atoms with Crippen molar-refractivity contribution in [3.63, 3.8) is 0 Å². The summed E-state index contributed by atoms with van der Waals surface area (Å²) in [5, 5.41) is 2.86. The Hall–Kier alpha value is -0.640. The van der Waals surface area contributed by atoms with Gasteiger partial charge in [-0.25, -0.2) is 9.99 Å². The fraction of sp³-hybridized carbons (Fsp3) is 0.583. The third kappa shape index (κ3) is 2.94. The highest BCUT2D eigenvalue weighted by Gasteiger charge is 2.18. The Morgan fingerprint density at radius 3 is 3.00 bits per heavy atom. The molecule has 1 aliphatic rings. The second-order valence-corrected chi connectivity index (χ2v) is 4.66. The van der Waals surface area contributed by atoms with Crippen molar-refractivity contribution >= 4 is 11.6 Å². The van der Waals surface area contributed by atoms with Gasteiger partial charge in [0.25, 0.3) is 0 Å². The van der Waals surface area contributed by atoms with Gasteiger partial charge in [-0.1, -0.05) is 24.1 Å². The zero-order chi connectivity index (χ0) is 11.4. The number of hydrogen-bond acceptors (Lipinski definition) is 3. The van der Waals surface area contributed by atoms with Crippen molar-refractivity contribution in [3.05, 3.63) is 29.0 Å². The lowest BCUT2D eigenvalue weighted by molar-refractivity contribution is 0.207. The maximum atomic E-state index is 5.80. The molecule has 1 N–H and O–H groups in total. The first-order valence-electron chi connectivity index (χ1n) is 5.83. The van der Waals surface area contributed by atoms with Gasteiger partial charge in [-0.15, -0.1) is 0 Å². The van der Waals surface area contributed by atoms with Crippen LogP contribution in [-0.2, 0) is 0 Å². The molecular weight excluding hydrogens is 222 g/mol. The van der Waals surface area contributed by atoms with Crippen molar-refractivity contribution in [3.8, 4) is 0 Å². The van der Waals surface area contributed by atoms with Crippen LogP contribution in [0.2, 0.25) is 5.15 Å². The van der Waals surface area contributed by atoms with Crippen molar-refractivity contribution < 1.29 is 0 Å². The molecule has 1 aliphatic heterocycles. The molecule has 3 nitrogen and oxygen atoms in total. The van der Waals surface area contributed by atoms with Gasteiger partial charge < -0.3 is 0 Å². The molecule has 0 radical (unpaired) electrons. The molecule has 0 spiro atoms. The molecule has 1 fully saturated rings. The van der Waals surface area contributed by atoms with E-state index in [1.165, 1.54) is 24.8 Å². The van der Waals surface area contributed by atoms with E-state index < -0.39 is 0 Å². The molecule has 16 heavy (non-hydrogen) atoms. The fourth-order valence-electron chi connectivity index (χ4n) is 2.25. The van der Waals surface area contributed by atoms with E-state index in [0.717, 1.165) is 13.1 Å². The molecule has 0 saturated carbocycles. The number of halogens is 1. The molecule has 1 aromatic heterocycles. The van der Waals surface area contributed by atoms with E-state index in [4.69, 9.17) is 11.6 Å². The van der Waals surface area contributed by atoms with E-state index in [1.807, 2.05) is 19.3 Å². The maximum absolute atomic E-state index is 5.80. The van der Waals surface area contributed by atoms with E-state index in [1.54, 1.807) is 0 Å². The van der Waals surface area contributed by atoms with Crippen LogP contribution in [0.1, 0.15) is 30.7 Å². The molecule has 0 aliphatic carbocycles. The van der Waals surface area contributed by atoms with Crippen LogP contribution < -0.4 is 5.43 Å². The van der Waals surface area contributed by atoms with Crippen LogP contribution in [0, 0.1) is 0 Å². The molecule has 0 aromatic carbocycles. The third-order valence-corrected chi connectivity index (χ3v) is 3.43. The predicted molar refractivity (Wildman–Crippen MR) is 66.5 cm³/mol. The molecule has 1 saturated heterocycles. The summed E-state index contributed by atoms with van der Waals surface area (Å²) < 4.78 is 0. The number of pyridine rings is 1. The third-order valence-electron chi connectivity index (χ3n) is 3.21. The molecule has 1 atom stereocenters. The predicted octanol–water partition coefficient (Wildman–Crippen LogP) is 2.44. The van der Waals surface area contributed by atoms with Crippen LogP contribution in [0.5, 0.6) is 0 Å². The Bertz CT molecular complexity index is 326. The second-order valence-electron chi connectivity index (χ2n) is 4.28. The first-order chi connectivity index (χ1) is 7.79. The molecule has 4 heteroatoms. The van der Waals surface area contributed by atoms with E-state index in [0.29, 0.717) is 11.1 Å². The van der Waals surface area contributed by atoms with Gasteiger partial charge in [-0.05, 0) is 37.4 Å². The smallest absolute Gasteiger partial charge is 0.129 e. The minimum atomic E-state index is 0.569. The Morgan fingerprint density at radius 1 is 1.44 bits per heavy atom. The summed E-state index contributed by atoms with van der Waals surface area (Å²) in [6.07, 6.45) is 5.69. The molecule has 1 aromatic rings. The average molecular weight is 240 g/mol. The number of nitrogens with one attached hydrogen (secondary N) is 1. The van der Waals surface area contributed by atoms with Crippen molar-refractivity contribution in [2.45, 2.75) is 25.2 Å². The van der Waals surface area contributed by atoms with Gasteiger partial charge in [-0.3, -0.25) is 5.43 Å². The van der Waals surface area contributed by atoms with Gasteiger partial charge in [0.15, 0.2) is 0 Å². The van der Waals surface area contributed by atoms with Crippen molar-refractivity contribution in [1.82, 2.24) is 15.4 Å². The molecule has 0 bridgehead atoms. The number of hydrazine groups is 1. The first kappa shape index (κ1) is 11.8. The Labute approximate surface area is 102 Å². The topological polar surface area (TPSA) is 28.2 Å². The quantitative estimate of drug-likeness (QED) is 0.804. The maximum Gasteiger partial charge on any atom is 0.129 e. The zero-order valence-electron chi connectivity index (χ0n) is 9.62. The standard InChI is InChI=1S/C12H18ClN3/c1-14-16-7-3-2-4-11(9-16)10-5-6-12(13)15-8-10/h5-6,8,11,14H,2-4,7,9H2,1H3/t11-/m1/s1. The Kier molecular flexibility index (Phi) is 4.16. The molecule has 2 heterocycles. The number of hydrogen-bond donors (Lipinski definition) is 1. The number of aromatic nitrogens is 1. The highest BCUT2D eigenvalue weighted by Crippen LogP contribution is 2.25. The van der Waals surface area contributed by atoms with Gasteiger partial charge in [0.2, 0.25) is 0 Å². The second kappa shape index (κ2) is 5.62. The van der Waals surface area contributed by atoms with E-state index in [-0.39, 0.29) is 0 Å². The molecule has 2 rings (SSSR count). The number of nitrogens with zero attached hydrogens (tertiary/aromatic N) is 2. The lowest BCUT2D eigenvalue weighted by Gasteiger charge is -2.23. The van der Waals surface area contributed by atoms with Crippen molar-refractivity contribution in [2.75, 3.05) is 20.1 Å². The van der Waals surface area contributed by atoms with Gasteiger partial charge in [0.1, 0.15) is 5.15 Å². The minimum Gasteiger partial charge on any atom is -0.258 e. The summed E-state index contributed by atoms with van der Waals surface area (Å²) >= 11 is 5.80. The van der Waals surface area contributed by atoms with Crippen molar-refractivity contribution in [1.29, 1.82) is 0 Å². The van der Waals surface area contributed by atoms with E-state index >= 15 is 0 Å². The lowest BCUT2D eigenvalue weighted by Crippen LogP contribution is -2.37. The zero-order valence-corrected chi connectivity index (χ0v) is 10.4. The van der Waals surface area contributed by atoms with Crippen LogP contribution in [0.3, 0.4) is 0 Å². The summed E-state index contributed by atoms with van der Waals surface area (Å²) in [5.41, 5.74) is 4.54. The number of rotatable bonds is 2. The summed E-state index contributed by atoms with van der Waals surface area (Å²) in [6.45, 7) is 2.19. The SMILES string of the molecule is CNN1CCCC[C@@H](c2ccc(Cl)nc2)C1. The van der Waals surface area contributed by atoms with E-state index in [9.17, 15) is 0 Å². The average Bonchev–Trinajstić information content (AvgIpc) is 2.55. The minimum absolute atomic E-state index is 0.569. The molecular formula is C12H18ClN3. The fourth-order valence-corrected chi connectivity index (χ4v) is 2.36. The highest BCUT2D eigenvalue weighted by molar-refractivity contribution is 6.29. The lowest BCUT2D eigenvalue weighted by atomic mass is 9.96. The van der Waals surface area contributed by atoms with Crippen LogP contribution in [0.25, 0.3) is 0 Å². The van der Waals surface area contributed by atoms with E-state index in [2.05, 4.69) is 21.5 Å². The van der Waals surface area contributed by atoms with Crippen molar-refractivity contribution in [2.24, 2.45) is 0 Å². The summed E-state index contributed by atoms with van der Waals surface area (Å²) in [5.74, 6) is 0.569. The van der Waals surface area contributed by atoms with Crippen LogP contribution >= 0.6 is 11.6 Å². The van der Waals surface area contributed by atoms with Gasteiger partial charge in [0, 0.05) is 19.3 Å². The van der Waals surface area contributed by atoms with Crippen LogP contribution in [0.15, 0.2) is 18.3 Å². The monoisotopic (exact) mass is 239 g/mol. The van der Waals surface area contributed by atoms with Gasteiger partial charge in [-0.2, -0.15) is 0 Å². The van der Waals surface area contributed by atoms with Gasteiger partial charge in [0.05, 0.1) is 0 Å². The normalized spacial score (nSPS) is 23.0. The summed E-state index contributed by atoms with van der Waals surface area (Å²) in [7, 11) is 1.99.